The molecule has 0 bridgehead atoms. The van der Waals surface area contributed by atoms with Gasteiger partial charge >= 0.3 is 0 Å². The highest BCUT2D eigenvalue weighted by molar-refractivity contribution is 8.01. The summed E-state index contributed by atoms with van der Waals surface area (Å²) in [7, 11) is 0. The van der Waals surface area contributed by atoms with Gasteiger partial charge < -0.3 is 9.64 Å². The Morgan fingerprint density at radius 1 is 1.62 bits per heavy atom. The molecule has 1 spiro atoms. The van der Waals surface area contributed by atoms with Crippen molar-refractivity contribution in [2.45, 2.75) is 24.2 Å². The molecule has 2 aliphatic rings. The van der Waals surface area contributed by atoms with E-state index in [4.69, 9.17) is 4.74 Å². The summed E-state index contributed by atoms with van der Waals surface area (Å²) in [4.78, 5) is 13.6. The van der Waals surface area contributed by atoms with E-state index in [-0.39, 0.29) is 0 Å². The summed E-state index contributed by atoms with van der Waals surface area (Å²) in [6, 6.07) is 0. The first-order chi connectivity index (χ1) is 7.69. The maximum atomic E-state index is 11.6. The van der Waals surface area contributed by atoms with Crippen molar-refractivity contribution in [1.29, 1.82) is 0 Å². The highest BCUT2D eigenvalue weighted by Gasteiger charge is 2.50. The van der Waals surface area contributed by atoms with E-state index < -0.39 is 0 Å². The normalized spacial score (nSPS) is 27.1. The average molecular weight is 261 g/mol. The Morgan fingerprint density at radius 3 is 3.00 bits per heavy atom. The second-order valence-corrected chi connectivity index (χ2v) is 6.81. The number of thioether (sulfide) groups is 2. The zero-order valence-corrected chi connectivity index (χ0v) is 11.5. The zero-order chi connectivity index (χ0) is 11.6. The lowest BCUT2D eigenvalue weighted by Gasteiger charge is -2.47. The molecule has 2 rings (SSSR count). The van der Waals surface area contributed by atoms with Crippen LogP contribution < -0.4 is 0 Å². The number of nitrogens with zero attached hydrogens (tertiary/aromatic N) is 1. The molecule has 16 heavy (non-hydrogen) atoms. The van der Waals surface area contributed by atoms with Crippen LogP contribution in [0.4, 0.5) is 0 Å². The quantitative estimate of drug-likeness (QED) is 0.766. The Morgan fingerprint density at radius 2 is 2.38 bits per heavy atom. The third kappa shape index (κ3) is 2.51. The molecule has 92 valence electrons. The van der Waals surface area contributed by atoms with Gasteiger partial charge in [-0.25, -0.2) is 0 Å². The van der Waals surface area contributed by atoms with Gasteiger partial charge in [0, 0.05) is 25.4 Å². The largest absolute Gasteiger partial charge is 0.378 e. The standard InChI is InChI=1S/C11H19NO2S2/c1-3-14-9-4-11(16-5-9)7-12(8-11)10(13)6-15-2/h9H,3-8H2,1-2H3/t9-/m0/s1. The molecule has 0 unspecified atom stereocenters. The molecule has 1 atom stereocenters. The van der Waals surface area contributed by atoms with Crippen molar-refractivity contribution in [2.24, 2.45) is 0 Å². The zero-order valence-electron chi connectivity index (χ0n) is 9.90. The summed E-state index contributed by atoms with van der Waals surface area (Å²) >= 11 is 3.60. The third-order valence-electron chi connectivity index (χ3n) is 3.16. The second-order valence-electron chi connectivity index (χ2n) is 4.46. The smallest absolute Gasteiger partial charge is 0.232 e. The molecule has 3 nitrogen and oxygen atoms in total. The van der Waals surface area contributed by atoms with Crippen LogP contribution in [0.25, 0.3) is 0 Å². The van der Waals surface area contributed by atoms with Crippen LogP contribution >= 0.6 is 23.5 Å². The molecule has 2 fully saturated rings. The molecule has 0 aromatic heterocycles. The van der Waals surface area contributed by atoms with Gasteiger partial charge in [0.25, 0.3) is 0 Å². The Bertz CT molecular complexity index is 267. The van der Waals surface area contributed by atoms with Crippen LogP contribution in [-0.4, -0.2) is 59.1 Å². The summed E-state index contributed by atoms with van der Waals surface area (Å²) in [6.45, 7) is 4.71. The fraction of sp³-hybridized carbons (Fsp3) is 0.909. The van der Waals surface area contributed by atoms with Crippen molar-refractivity contribution in [3.05, 3.63) is 0 Å². The van der Waals surface area contributed by atoms with Crippen molar-refractivity contribution in [3.63, 3.8) is 0 Å². The summed E-state index contributed by atoms with van der Waals surface area (Å²) < 4.78 is 5.98. The van der Waals surface area contributed by atoms with Gasteiger partial charge in [0.2, 0.25) is 5.91 Å². The van der Waals surface area contributed by atoms with Crippen molar-refractivity contribution >= 4 is 29.4 Å². The van der Waals surface area contributed by atoms with Crippen LogP contribution in [0.15, 0.2) is 0 Å². The summed E-state index contributed by atoms with van der Waals surface area (Å²) in [5.74, 6) is 2.01. The van der Waals surface area contributed by atoms with E-state index >= 15 is 0 Å². The van der Waals surface area contributed by atoms with E-state index in [0.29, 0.717) is 22.5 Å². The number of likely N-dealkylation sites (tertiary alicyclic amines) is 1. The number of rotatable bonds is 4. The molecule has 2 aliphatic heterocycles. The second kappa shape index (κ2) is 5.19. The van der Waals surface area contributed by atoms with Gasteiger partial charge in [-0.15, -0.1) is 11.8 Å². The molecule has 1 amide bonds. The molecule has 0 aromatic rings. The van der Waals surface area contributed by atoms with Crippen LogP contribution in [-0.2, 0) is 9.53 Å². The number of hydrogen-bond acceptors (Lipinski definition) is 4. The SMILES string of the molecule is CCO[C@@H]1CSC2(C1)CN(C(=O)CSC)C2. The Hall–Kier alpha value is 0.130. The first kappa shape index (κ1) is 12.6. The number of ether oxygens (including phenoxy) is 1. The Balaban J connectivity index is 1.77. The lowest BCUT2D eigenvalue weighted by Crippen LogP contribution is -2.61. The van der Waals surface area contributed by atoms with E-state index in [1.165, 1.54) is 0 Å². The molecule has 2 saturated heterocycles. The molecular formula is C11H19NO2S2. The monoisotopic (exact) mass is 261 g/mol. The van der Waals surface area contributed by atoms with Crippen LogP contribution in [0.2, 0.25) is 0 Å². The van der Waals surface area contributed by atoms with Gasteiger partial charge in [-0.1, -0.05) is 0 Å². The minimum absolute atomic E-state index is 0.290. The van der Waals surface area contributed by atoms with Crippen molar-refractivity contribution in [2.75, 3.05) is 37.5 Å². The number of carbonyl (C=O) groups is 1. The van der Waals surface area contributed by atoms with E-state index in [2.05, 4.69) is 0 Å². The lowest BCUT2D eigenvalue weighted by atomic mass is 9.93. The van der Waals surface area contributed by atoms with E-state index in [0.717, 1.165) is 31.9 Å². The average Bonchev–Trinajstić information content (AvgIpc) is 2.61. The lowest BCUT2D eigenvalue weighted by molar-refractivity contribution is -0.133. The van der Waals surface area contributed by atoms with Gasteiger partial charge in [-0.2, -0.15) is 11.8 Å². The molecule has 0 saturated carbocycles. The number of hydrogen-bond donors (Lipinski definition) is 0. The first-order valence-electron chi connectivity index (χ1n) is 5.71. The number of carbonyl (C=O) groups excluding carboxylic acids is 1. The molecule has 5 heteroatoms. The topological polar surface area (TPSA) is 29.5 Å². The van der Waals surface area contributed by atoms with E-state index in [1.807, 2.05) is 29.8 Å². The van der Waals surface area contributed by atoms with Gasteiger partial charge in [-0.05, 0) is 19.6 Å². The van der Waals surface area contributed by atoms with Crippen molar-refractivity contribution in [3.8, 4) is 0 Å². The van der Waals surface area contributed by atoms with Gasteiger partial charge in [-0.3, -0.25) is 4.79 Å². The molecular weight excluding hydrogens is 242 g/mol. The van der Waals surface area contributed by atoms with Crippen LogP contribution in [0.3, 0.4) is 0 Å². The molecule has 0 N–H and O–H groups in total. The molecule has 0 aromatic carbocycles. The Kier molecular flexibility index (Phi) is 4.08. The fourth-order valence-corrected chi connectivity index (χ4v) is 4.39. The highest BCUT2D eigenvalue weighted by Crippen LogP contribution is 2.46. The molecule has 0 aliphatic carbocycles. The fourth-order valence-electron chi connectivity index (χ4n) is 2.41. The maximum Gasteiger partial charge on any atom is 0.232 e. The van der Waals surface area contributed by atoms with Gasteiger partial charge in [0.1, 0.15) is 0 Å². The van der Waals surface area contributed by atoms with E-state index in [1.54, 1.807) is 11.8 Å². The third-order valence-corrected chi connectivity index (χ3v) is 5.27. The van der Waals surface area contributed by atoms with Crippen LogP contribution in [0, 0.1) is 0 Å². The van der Waals surface area contributed by atoms with E-state index in [9.17, 15) is 4.79 Å². The Labute approximate surface area is 106 Å². The van der Waals surface area contributed by atoms with Crippen molar-refractivity contribution in [1.82, 2.24) is 4.90 Å². The van der Waals surface area contributed by atoms with Gasteiger partial charge in [0.05, 0.1) is 16.6 Å². The minimum atomic E-state index is 0.290. The first-order valence-corrected chi connectivity index (χ1v) is 8.09. The van der Waals surface area contributed by atoms with Gasteiger partial charge in [0.15, 0.2) is 0 Å². The minimum Gasteiger partial charge on any atom is -0.378 e. The van der Waals surface area contributed by atoms with Crippen molar-refractivity contribution < 1.29 is 9.53 Å². The summed E-state index contributed by atoms with van der Waals surface area (Å²) in [5, 5.41) is 0. The maximum absolute atomic E-state index is 11.6. The summed E-state index contributed by atoms with van der Waals surface area (Å²) in [5.41, 5.74) is 0. The van der Waals surface area contributed by atoms with Crippen LogP contribution in [0.1, 0.15) is 13.3 Å². The number of amides is 1. The predicted molar refractivity (Wildman–Crippen MR) is 70.2 cm³/mol. The molecule has 2 heterocycles. The predicted octanol–water partition coefficient (Wildman–Crippen LogP) is 1.47. The van der Waals surface area contributed by atoms with Crippen LogP contribution in [0.5, 0.6) is 0 Å². The molecule has 0 radical (unpaired) electrons. The highest BCUT2D eigenvalue weighted by atomic mass is 32.2. The summed E-state index contributed by atoms with van der Waals surface area (Å²) in [6.07, 6.45) is 3.50.